The van der Waals surface area contributed by atoms with Gasteiger partial charge in [-0.1, -0.05) is 0 Å². The third kappa shape index (κ3) is 3.91. The van der Waals surface area contributed by atoms with Crippen LogP contribution in [0.3, 0.4) is 0 Å². The number of amides is 1. The number of nitrogens with one attached hydrogen (secondary N) is 1. The van der Waals surface area contributed by atoms with Gasteiger partial charge in [0.15, 0.2) is 0 Å². The number of carbonyl (C=O) groups is 1. The van der Waals surface area contributed by atoms with E-state index in [1.165, 1.54) is 11.3 Å². The Balaban J connectivity index is 1.35. The van der Waals surface area contributed by atoms with Crippen molar-refractivity contribution in [3.63, 3.8) is 0 Å². The highest BCUT2D eigenvalue weighted by molar-refractivity contribution is 7.17. The van der Waals surface area contributed by atoms with E-state index in [0.717, 1.165) is 29.1 Å². The molecule has 0 saturated carbocycles. The van der Waals surface area contributed by atoms with Crippen LogP contribution < -0.4 is 20.9 Å². The summed E-state index contributed by atoms with van der Waals surface area (Å²) in [6, 6.07) is 9.57. The van der Waals surface area contributed by atoms with Crippen LogP contribution in [0.15, 0.2) is 45.3 Å². The van der Waals surface area contributed by atoms with E-state index in [1.807, 2.05) is 24.3 Å². The first kappa shape index (κ1) is 19.3. The van der Waals surface area contributed by atoms with Crippen LogP contribution in [0, 0.1) is 0 Å². The van der Waals surface area contributed by atoms with Crippen LogP contribution in [0.5, 0.6) is 5.75 Å². The monoisotopic (exact) mass is 414 g/mol. The largest absolute Gasteiger partial charge is 0.497 e. The van der Waals surface area contributed by atoms with Gasteiger partial charge in [-0.25, -0.2) is 4.79 Å². The summed E-state index contributed by atoms with van der Waals surface area (Å²) in [6.07, 6.45) is 0.127. The van der Waals surface area contributed by atoms with E-state index < -0.39 is 5.69 Å². The van der Waals surface area contributed by atoms with Crippen molar-refractivity contribution in [2.45, 2.75) is 13.0 Å². The van der Waals surface area contributed by atoms with Crippen LogP contribution >= 0.6 is 11.3 Å². The molecule has 1 saturated heterocycles. The highest BCUT2D eigenvalue weighted by Crippen LogP contribution is 2.20. The Labute approximate surface area is 170 Å². The second-order valence-electron chi connectivity index (χ2n) is 6.87. The van der Waals surface area contributed by atoms with Gasteiger partial charge >= 0.3 is 5.69 Å². The van der Waals surface area contributed by atoms with Gasteiger partial charge in [0.05, 0.1) is 12.6 Å². The summed E-state index contributed by atoms with van der Waals surface area (Å²) in [5, 5.41) is 1.76. The van der Waals surface area contributed by atoms with E-state index in [-0.39, 0.29) is 24.4 Å². The minimum absolute atomic E-state index is 0.0445. The molecule has 1 fully saturated rings. The summed E-state index contributed by atoms with van der Waals surface area (Å²) in [5.74, 6) is 0.769. The van der Waals surface area contributed by atoms with Gasteiger partial charge in [-0.2, -0.15) is 0 Å². The summed E-state index contributed by atoms with van der Waals surface area (Å²) < 4.78 is 6.80. The topological polar surface area (TPSA) is 87.6 Å². The molecule has 9 heteroatoms. The highest BCUT2D eigenvalue weighted by Gasteiger charge is 2.21. The Morgan fingerprint density at radius 3 is 2.52 bits per heavy atom. The van der Waals surface area contributed by atoms with Gasteiger partial charge < -0.3 is 19.5 Å². The van der Waals surface area contributed by atoms with Crippen molar-refractivity contribution in [1.82, 2.24) is 14.5 Å². The molecule has 0 bridgehead atoms. The first-order chi connectivity index (χ1) is 14.1. The first-order valence-corrected chi connectivity index (χ1v) is 10.3. The molecule has 3 aromatic rings. The third-order valence-electron chi connectivity index (χ3n) is 5.21. The maximum Gasteiger partial charge on any atom is 0.328 e. The van der Waals surface area contributed by atoms with Gasteiger partial charge in [-0.05, 0) is 35.7 Å². The number of piperazine rings is 1. The Kier molecular flexibility index (Phi) is 5.39. The number of carbonyl (C=O) groups excluding carboxylic acids is 1. The lowest BCUT2D eigenvalue weighted by atomic mass is 10.2. The Morgan fingerprint density at radius 2 is 1.83 bits per heavy atom. The number of anilines is 1. The van der Waals surface area contributed by atoms with E-state index in [1.54, 1.807) is 23.5 Å². The summed E-state index contributed by atoms with van der Waals surface area (Å²) in [5.41, 5.74) is 0.830. The van der Waals surface area contributed by atoms with Crippen LogP contribution in [0.4, 0.5) is 5.69 Å². The Morgan fingerprint density at radius 1 is 1.10 bits per heavy atom. The molecule has 2 aromatic heterocycles. The molecule has 1 N–H and O–H groups in total. The van der Waals surface area contributed by atoms with Gasteiger partial charge in [0, 0.05) is 44.8 Å². The summed E-state index contributed by atoms with van der Waals surface area (Å²) in [7, 11) is 1.64. The van der Waals surface area contributed by atoms with Crippen molar-refractivity contribution < 1.29 is 9.53 Å². The standard InChI is InChI=1S/C20H22N4O4S/c1-28-15-4-2-14(3-5-15)22-9-11-23(12-10-22)17(25)6-8-24-19(26)18-16(7-13-29-18)21-20(24)27/h2-5,7,13H,6,8-12H2,1H3,(H,21,27). The van der Waals surface area contributed by atoms with Gasteiger partial charge in [0.1, 0.15) is 10.4 Å². The summed E-state index contributed by atoms with van der Waals surface area (Å²) in [6.45, 7) is 2.78. The molecule has 1 aliphatic rings. The van der Waals surface area contributed by atoms with Crippen LogP contribution in [-0.2, 0) is 11.3 Å². The number of thiophene rings is 1. The average molecular weight is 414 g/mol. The predicted octanol–water partition coefficient (Wildman–Crippen LogP) is 1.50. The second-order valence-corrected chi connectivity index (χ2v) is 7.78. The molecule has 1 amide bonds. The number of ether oxygens (including phenoxy) is 1. The maximum atomic E-state index is 12.6. The summed E-state index contributed by atoms with van der Waals surface area (Å²) >= 11 is 1.29. The number of rotatable bonds is 5. The van der Waals surface area contributed by atoms with E-state index in [9.17, 15) is 14.4 Å². The molecule has 1 aliphatic heterocycles. The van der Waals surface area contributed by atoms with Gasteiger partial charge in [0.2, 0.25) is 5.91 Å². The fourth-order valence-electron chi connectivity index (χ4n) is 3.55. The molecule has 4 rings (SSSR count). The molecule has 8 nitrogen and oxygen atoms in total. The molecule has 152 valence electrons. The van der Waals surface area contributed by atoms with Gasteiger partial charge in [-0.3, -0.25) is 14.2 Å². The SMILES string of the molecule is COc1ccc(N2CCN(C(=O)CCn3c(=O)[nH]c4ccsc4c3=O)CC2)cc1. The number of hydrogen-bond donors (Lipinski definition) is 1. The molecule has 0 atom stereocenters. The van der Waals surface area contributed by atoms with Crippen LogP contribution in [0.25, 0.3) is 10.2 Å². The fourth-order valence-corrected chi connectivity index (χ4v) is 4.34. The van der Waals surface area contributed by atoms with Gasteiger partial charge in [0.25, 0.3) is 5.56 Å². The molecular weight excluding hydrogens is 392 g/mol. The number of hydrogen-bond acceptors (Lipinski definition) is 6. The smallest absolute Gasteiger partial charge is 0.328 e. The molecule has 0 unspecified atom stereocenters. The minimum atomic E-state index is -0.474. The lowest BCUT2D eigenvalue weighted by Crippen LogP contribution is -2.49. The molecule has 0 radical (unpaired) electrons. The predicted molar refractivity (Wildman–Crippen MR) is 113 cm³/mol. The van der Waals surface area contributed by atoms with Crippen molar-refractivity contribution in [1.29, 1.82) is 0 Å². The van der Waals surface area contributed by atoms with E-state index in [0.29, 0.717) is 23.3 Å². The van der Waals surface area contributed by atoms with E-state index in [2.05, 4.69) is 9.88 Å². The zero-order valence-electron chi connectivity index (χ0n) is 16.1. The zero-order valence-corrected chi connectivity index (χ0v) is 16.9. The van der Waals surface area contributed by atoms with Crippen LogP contribution in [0.2, 0.25) is 0 Å². The number of nitrogens with zero attached hydrogens (tertiary/aromatic N) is 3. The highest BCUT2D eigenvalue weighted by atomic mass is 32.1. The number of methoxy groups -OCH3 is 1. The second kappa shape index (κ2) is 8.12. The van der Waals surface area contributed by atoms with Crippen molar-refractivity contribution in [2.24, 2.45) is 0 Å². The normalized spacial score (nSPS) is 14.4. The number of H-pyrrole nitrogens is 1. The minimum Gasteiger partial charge on any atom is -0.497 e. The van der Waals surface area contributed by atoms with Crippen LogP contribution in [0.1, 0.15) is 6.42 Å². The van der Waals surface area contributed by atoms with E-state index in [4.69, 9.17) is 4.74 Å². The lowest BCUT2D eigenvalue weighted by Gasteiger charge is -2.36. The van der Waals surface area contributed by atoms with Crippen LogP contribution in [-0.4, -0.2) is 53.6 Å². The number of benzene rings is 1. The zero-order chi connectivity index (χ0) is 20.4. The fraction of sp³-hybridized carbons (Fsp3) is 0.350. The molecule has 1 aromatic carbocycles. The Hall–Kier alpha value is -3.07. The molecule has 0 aliphatic carbocycles. The molecule has 29 heavy (non-hydrogen) atoms. The maximum absolute atomic E-state index is 12.6. The first-order valence-electron chi connectivity index (χ1n) is 9.44. The number of aromatic amines is 1. The third-order valence-corrected chi connectivity index (χ3v) is 6.11. The average Bonchev–Trinajstić information content (AvgIpc) is 3.22. The van der Waals surface area contributed by atoms with Crippen molar-refractivity contribution >= 4 is 33.1 Å². The summed E-state index contributed by atoms with van der Waals surface area (Å²) in [4.78, 5) is 43.9. The molecule has 0 spiro atoms. The van der Waals surface area contributed by atoms with E-state index >= 15 is 0 Å². The number of fused-ring (bicyclic) bond motifs is 1. The Bertz CT molecular complexity index is 1120. The quantitative estimate of drug-likeness (QED) is 0.684. The van der Waals surface area contributed by atoms with Crippen molar-refractivity contribution in [2.75, 3.05) is 38.2 Å². The molecule has 3 heterocycles. The van der Waals surface area contributed by atoms with Crippen molar-refractivity contribution in [3.05, 3.63) is 56.5 Å². The number of aromatic nitrogens is 2. The van der Waals surface area contributed by atoms with Gasteiger partial charge in [-0.15, -0.1) is 11.3 Å². The lowest BCUT2D eigenvalue weighted by molar-refractivity contribution is -0.131. The molecular formula is C20H22N4O4S. The van der Waals surface area contributed by atoms with Crippen molar-refractivity contribution in [3.8, 4) is 5.75 Å².